The van der Waals surface area contributed by atoms with Crippen molar-refractivity contribution in [2.45, 2.75) is 38.6 Å². The topological polar surface area (TPSA) is 43.3 Å². The molecule has 0 aromatic carbocycles. The van der Waals surface area contributed by atoms with Gasteiger partial charge in [-0.1, -0.05) is 13.3 Å². The molecule has 2 rings (SSSR count). The summed E-state index contributed by atoms with van der Waals surface area (Å²) in [4.78, 5) is 5.61. The molecule has 0 radical (unpaired) electrons. The molecule has 1 atom stereocenters. The molecular weight excluding hydrogens is 206 g/mol. The Kier molecular flexibility index (Phi) is 3.38. The number of thiazole rings is 1. The minimum Gasteiger partial charge on any atom is -0.328 e. The number of imidazole rings is 1. The molecule has 2 N–H and O–H groups in total. The highest BCUT2D eigenvalue weighted by molar-refractivity contribution is 7.15. The molecule has 0 aliphatic rings. The van der Waals surface area contributed by atoms with E-state index >= 15 is 0 Å². The van der Waals surface area contributed by atoms with Crippen molar-refractivity contribution in [3.8, 4) is 0 Å². The van der Waals surface area contributed by atoms with Crippen LogP contribution < -0.4 is 5.73 Å². The van der Waals surface area contributed by atoms with E-state index in [4.69, 9.17) is 5.73 Å². The van der Waals surface area contributed by atoms with Crippen LogP contribution in [0.5, 0.6) is 0 Å². The van der Waals surface area contributed by atoms with E-state index < -0.39 is 0 Å². The van der Waals surface area contributed by atoms with Crippen LogP contribution in [0.2, 0.25) is 0 Å². The summed E-state index contributed by atoms with van der Waals surface area (Å²) < 4.78 is 2.07. The number of hydrogen-bond acceptors (Lipinski definition) is 3. The van der Waals surface area contributed by atoms with Gasteiger partial charge in [-0.2, -0.15) is 0 Å². The van der Waals surface area contributed by atoms with E-state index in [9.17, 15) is 0 Å². The number of aryl methyl sites for hydroxylation is 1. The minimum atomic E-state index is 0.328. The lowest BCUT2D eigenvalue weighted by Crippen LogP contribution is -2.20. The molecule has 2 aromatic rings. The first kappa shape index (κ1) is 10.6. The van der Waals surface area contributed by atoms with E-state index in [1.54, 1.807) is 11.3 Å². The second kappa shape index (κ2) is 4.77. The zero-order valence-electron chi connectivity index (χ0n) is 9.02. The van der Waals surface area contributed by atoms with E-state index in [1.807, 2.05) is 6.20 Å². The van der Waals surface area contributed by atoms with Crippen molar-refractivity contribution in [1.82, 2.24) is 9.38 Å². The van der Waals surface area contributed by atoms with E-state index in [-0.39, 0.29) is 0 Å². The lowest BCUT2D eigenvalue weighted by Gasteiger charge is -2.07. The number of aromatic nitrogens is 2. The maximum Gasteiger partial charge on any atom is 0.193 e. The maximum absolute atomic E-state index is 5.97. The predicted molar refractivity (Wildman–Crippen MR) is 64.3 cm³/mol. The summed E-state index contributed by atoms with van der Waals surface area (Å²) in [5.74, 6) is 0. The van der Waals surface area contributed by atoms with Crippen molar-refractivity contribution in [3.05, 3.63) is 23.5 Å². The van der Waals surface area contributed by atoms with Crippen LogP contribution in [0.25, 0.3) is 4.96 Å². The molecule has 15 heavy (non-hydrogen) atoms. The first-order valence-corrected chi connectivity index (χ1v) is 6.34. The third-order valence-electron chi connectivity index (χ3n) is 2.57. The summed E-state index contributed by atoms with van der Waals surface area (Å²) in [7, 11) is 0. The summed E-state index contributed by atoms with van der Waals surface area (Å²) >= 11 is 1.67. The SMILES string of the molecule is CCCC(N)CCc1cn2ccsc2n1. The second-order valence-electron chi connectivity index (χ2n) is 3.91. The molecule has 0 amide bonds. The molecule has 1 unspecified atom stereocenters. The monoisotopic (exact) mass is 223 g/mol. The first-order valence-electron chi connectivity index (χ1n) is 5.46. The molecule has 2 aromatic heterocycles. The van der Waals surface area contributed by atoms with Crippen LogP contribution in [-0.4, -0.2) is 15.4 Å². The van der Waals surface area contributed by atoms with Crippen molar-refractivity contribution in [3.63, 3.8) is 0 Å². The van der Waals surface area contributed by atoms with Crippen LogP contribution in [0.1, 0.15) is 31.9 Å². The summed E-state index contributed by atoms with van der Waals surface area (Å²) in [6.07, 6.45) is 8.46. The number of nitrogens with two attached hydrogens (primary N) is 1. The van der Waals surface area contributed by atoms with E-state index in [1.165, 1.54) is 6.42 Å². The Hall–Kier alpha value is -0.870. The van der Waals surface area contributed by atoms with Gasteiger partial charge in [-0.05, 0) is 19.3 Å². The minimum absolute atomic E-state index is 0.328. The number of hydrogen-bond donors (Lipinski definition) is 1. The molecule has 0 fully saturated rings. The zero-order valence-corrected chi connectivity index (χ0v) is 9.83. The van der Waals surface area contributed by atoms with Gasteiger partial charge in [0.25, 0.3) is 0 Å². The number of fused-ring (bicyclic) bond motifs is 1. The molecular formula is C11H17N3S. The van der Waals surface area contributed by atoms with E-state index in [0.29, 0.717) is 6.04 Å². The molecule has 0 aliphatic carbocycles. The Morgan fingerprint density at radius 1 is 1.53 bits per heavy atom. The number of nitrogens with zero attached hydrogens (tertiary/aromatic N) is 2. The fraction of sp³-hybridized carbons (Fsp3) is 0.545. The molecule has 4 heteroatoms. The predicted octanol–water partition coefficient (Wildman–Crippen LogP) is 2.46. The fourth-order valence-electron chi connectivity index (χ4n) is 1.74. The first-order chi connectivity index (χ1) is 7.29. The molecule has 3 nitrogen and oxygen atoms in total. The molecule has 0 saturated carbocycles. The molecule has 0 bridgehead atoms. The smallest absolute Gasteiger partial charge is 0.193 e. The van der Waals surface area contributed by atoms with Gasteiger partial charge in [0.2, 0.25) is 0 Å². The summed E-state index contributed by atoms with van der Waals surface area (Å²) in [5.41, 5.74) is 7.13. The van der Waals surface area contributed by atoms with E-state index in [2.05, 4.69) is 27.9 Å². The zero-order chi connectivity index (χ0) is 10.7. The third kappa shape index (κ3) is 2.58. The van der Waals surface area contributed by atoms with Gasteiger partial charge in [-0.25, -0.2) is 4.98 Å². The molecule has 2 heterocycles. The third-order valence-corrected chi connectivity index (χ3v) is 3.34. The Morgan fingerprint density at radius 2 is 2.40 bits per heavy atom. The van der Waals surface area contributed by atoms with Gasteiger partial charge in [0.15, 0.2) is 4.96 Å². The largest absolute Gasteiger partial charge is 0.328 e. The maximum atomic E-state index is 5.97. The van der Waals surface area contributed by atoms with Crippen molar-refractivity contribution in [2.75, 3.05) is 0 Å². The summed E-state index contributed by atoms with van der Waals surface area (Å²) in [5, 5.41) is 2.05. The van der Waals surface area contributed by atoms with Gasteiger partial charge in [-0.15, -0.1) is 11.3 Å². The highest BCUT2D eigenvalue weighted by atomic mass is 32.1. The average Bonchev–Trinajstić information content (AvgIpc) is 2.74. The van der Waals surface area contributed by atoms with Gasteiger partial charge in [-0.3, -0.25) is 4.40 Å². The Bertz CT molecular complexity index is 390. The fourth-order valence-corrected chi connectivity index (χ4v) is 2.46. The van der Waals surface area contributed by atoms with Crippen molar-refractivity contribution in [1.29, 1.82) is 0 Å². The molecule has 0 aliphatic heterocycles. The quantitative estimate of drug-likeness (QED) is 0.846. The van der Waals surface area contributed by atoms with Gasteiger partial charge in [0, 0.05) is 23.8 Å². The lowest BCUT2D eigenvalue weighted by atomic mass is 10.1. The van der Waals surface area contributed by atoms with Crippen LogP contribution in [0.4, 0.5) is 0 Å². The second-order valence-corrected chi connectivity index (χ2v) is 4.79. The molecule has 0 spiro atoms. The van der Waals surface area contributed by atoms with Crippen LogP contribution in [-0.2, 0) is 6.42 Å². The Labute approximate surface area is 93.9 Å². The highest BCUT2D eigenvalue weighted by Gasteiger charge is 2.05. The van der Waals surface area contributed by atoms with Crippen LogP contribution >= 0.6 is 11.3 Å². The van der Waals surface area contributed by atoms with E-state index in [0.717, 1.165) is 29.9 Å². The van der Waals surface area contributed by atoms with Gasteiger partial charge in [0.05, 0.1) is 5.69 Å². The lowest BCUT2D eigenvalue weighted by molar-refractivity contribution is 0.558. The Morgan fingerprint density at radius 3 is 3.13 bits per heavy atom. The number of rotatable bonds is 5. The summed E-state index contributed by atoms with van der Waals surface area (Å²) in [6, 6.07) is 0.328. The van der Waals surface area contributed by atoms with Crippen molar-refractivity contribution >= 4 is 16.3 Å². The summed E-state index contributed by atoms with van der Waals surface area (Å²) in [6.45, 7) is 2.17. The Balaban J connectivity index is 1.92. The molecule has 0 saturated heterocycles. The van der Waals surface area contributed by atoms with Crippen LogP contribution in [0, 0.1) is 0 Å². The standard InChI is InChI=1S/C11H17N3S/c1-2-3-9(12)4-5-10-8-14-6-7-15-11(14)13-10/h6-9H,2-5,12H2,1H3. The van der Waals surface area contributed by atoms with Crippen molar-refractivity contribution < 1.29 is 0 Å². The van der Waals surface area contributed by atoms with Gasteiger partial charge in [0.1, 0.15) is 0 Å². The van der Waals surface area contributed by atoms with Crippen molar-refractivity contribution in [2.24, 2.45) is 5.73 Å². The van der Waals surface area contributed by atoms with Crippen LogP contribution in [0.15, 0.2) is 17.8 Å². The normalized spacial score (nSPS) is 13.5. The van der Waals surface area contributed by atoms with Gasteiger partial charge < -0.3 is 5.73 Å². The average molecular weight is 223 g/mol. The molecule has 82 valence electrons. The van der Waals surface area contributed by atoms with Gasteiger partial charge >= 0.3 is 0 Å². The highest BCUT2D eigenvalue weighted by Crippen LogP contribution is 2.13. The van der Waals surface area contributed by atoms with Crippen LogP contribution in [0.3, 0.4) is 0 Å².